The van der Waals surface area contributed by atoms with Crippen molar-refractivity contribution in [3.8, 4) is 0 Å². The van der Waals surface area contributed by atoms with Gasteiger partial charge in [0.25, 0.3) is 0 Å². The van der Waals surface area contributed by atoms with E-state index in [1.54, 1.807) is 0 Å². The van der Waals surface area contributed by atoms with Gasteiger partial charge >= 0.3 is 0 Å². The van der Waals surface area contributed by atoms with E-state index in [4.69, 9.17) is 5.73 Å². The highest BCUT2D eigenvalue weighted by Gasteiger charge is 2.02. The molecule has 0 atom stereocenters. The number of nitrogens with zero attached hydrogens (tertiary/aromatic N) is 3. The number of fused-ring (bicyclic) bond motifs is 1. The Hall–Kier alpha value is -2.07. The van der Waals surface area contributed by atoms with E-state index in [1.807, 2.05) is 28.8 Å². The van der Waals surface area contributed by atoms with Gasteiger partial charge in [-0.1, -0.05) is 6.07 Å². The van der Waals surface area contributed by atoms with Gasteiger partial charge in [0.15, 0.2) is 0 Å². The molecule has 0 unspecified atom stereocenters. The summed E-state index contributed by atoms with van der Waals surface area (Å²) in [6.07, 6.45) is 9.23. The zero-order chi connectivity index (χ0) is 12.4. The summed E-state index contributed by atoms with van der Waals surface area (Å²) in [7, 11) is 0. The first-order valence-corrected chi connectivity index (χ1v) is 6.12. The molecule has 0 spiro atoms. The first kappa shape index (κ1) is 11.0. The van der Waals surface area contributed by atoms with Crippen molar-refractivity contribution in [2.75, 3.05) is 6.54 Å². The maximum atomic E-state index is 5.55. The van der Waals surface area contributed by atoms with E-state index in [1.165, 1.54) is 5.56 Å². The molecular formula is C14H16N4. The van der Waals surface area contributed by atoms with Crippen molar-refractivity contribution in [1.82, 2.24) is 14.0 Å². The average molecular weight is 240 g/mol. The van der Waals surface area contributed by atoms with Gasteiger partial charge in [-0.05, 0) is 36.7 Å². The zero-order valence-corrected chi connectivity index (χ0v) is 10.2. The van der Waals surface area contributed by atoms with Crippen molar-refractivity contribution in [2.24, 2.45) is 5.73 Å². The third-order valence-electron chi connectivity index (χ3n) is 3.00. The van der Waals surface area contributed by atoms with Crippen LogP contribution in [0.3, 0.4) is 0 Å². The number of nitrogens with two attached hydrogens (primary N) is 1. The second-order valence-corrected chi connectivity index (χ2v) is 4.43. The number of hydrogen-bond donors (Lipinski definition) is 1. The minimum Gasteiger partial charge on any atom is -0.348 e. The third kappa shape index (κ3) is 2.15. The van der Waals surface area contributed by atoms with Crippen LogP contribution in [0.25, 0.3) is 5.65 Å². The molecule has 0 bridgehead atoms. The molecule has 3 aromatic rings. The van der Waals surface area contributed by atoms with Gasteiger partial charge < -0.3 is 14.7 Å². The molecule has 0 radical (unpaired) electrons. The van der Waals surface area contributed by atoms with Crippen LogP contribution in [-0.2, 0) is 13.0 Å². The number of hydrogen-bond acceptors (Lipinski definition) is 2. The van der Waals surface area contributed by atoms with E-state index < -0.39 is 0 Å². The summed E-state index contributed by atoms with van der Waals surface area (Å²) >= 11 is 0. The molecule has 3 rings (SSSR count). The van der Waals surface area contributed by atoms with Crippen LogP contribution in [0.5, 0.6) is 0 Å². The van der Waals surface area contributed by atoms with Crippen molar-refractivity contribution < 1.29 is 0 Å². The number of imidazole rings is 1. The van der Waals surface area contributed by atoms with Gasteiger partial charge in [-0.3, -0.25) is 0 Å². The summed E-state index contributed by atoms with van der Waals surface area (Å²) in [4.78, 5) is 4.58. The maximum absolute atomic E-state index is 5.55. The molecule has 3 heterocycles. The highest BCUT2D eigenvalue weighted by Crippen LogP contribution is 2.08. The number of aromatic nitrogens is 3. The van der Waals surface area contributed by atoms with E-state index >= 15 is 0 Å². The van der Waals surface area contributed by atoms with Crippen LogP contribution in [0, 0.1) is 0 Å². The Morgan fingerprint density at radius 3 is 2.89 bits per heavy atom. The van der Waals surface area contributed by atoms with Gasteiger partial charge in [0, 0.05) is 24.8 Å². The quantitative estimate of drug-likeness (QED) is 0.754. The molecule has 4 heteroatoms. The van der Waals surface area contributed by atoms with E-state index in [0.29, 0.717) is 6.54 Å². The molecule has 0 amide bonds. The topological polar surface area (TPSA) is 48.2 Å². The summed E-state index contributed by atoms with van der Waals surface area (Å²) in [5, 5.41) is 0. The predicted molar refractivity (Wildman–Crippen MR) is 71.5 cm³/mol. The van der Waals surface area contributed by atoms with Gasteiger partial charge in [-0.15, -0.1) is 0 Å². The smallest absolute Gasteiger partial charge is 0.137 e. The second kappa shape index (κ2) is 4.66. The van der Waals surface area contributed by atoms with Crippen LogP contribution in [-0.4, -0.2) is 20.5 Å². The Kier molecular flexibility index (Phi) is 2.86. The molecule has 0 aliphatic heterocycles. The fraction of sp³-hybridized carbons (Fsp3) is 0.214. The lowest BCUT2D eigenvalue weighted by Gasteiger charge is -1.98. The maximum Gasteiger partial charge on any atom is 0.137 e. The van der Waals surface area contributed by atoms with Crippen LogP contribution in [0.2, 0.25) is 0 Å². The zero-order valence-electron chi connectivity index (χ0n) is 10.2. The van der Waals surface area contributed by atoms with E-state index in [9.17, 15) is 0 Å². The number of rotatable bonds is 4. The summed E-state index contributed by atoms with van der Waals surface area (Å²) in [5.74, 6) is 0. The van der Waals surface area contributed by atoms with Gasteiger partial charge in [-0.2, -0.15) is 0 Å². The van der Waals surface area contributed by atoms with Gasteiger partial charge in [-0.25, -0.2) is 4.98 Å². The molecule has 18 heavy (non-hydrogen) atoms. The normalized spacial score (nSPS) is 11.2. The van der Waals surface area contributed by atoms with Crippen LogP contribution >= 0.6 is 0 Å². The fourth-order valence-electron chi connectivity index (χ4n) is 2.15. The lowest BCUT2D eigenvalue weighted by atomic mass is 10.2. The molecule has 0 saturated carbocycles. The minimum atomic E-state index is 0.693. The molecule has 2 N–H and O–H groups in total. The fourth-order valence-corrected chi connectivity index (χ4v) is 2.15. The lowest BCUT2D eigenvalue weighted by Crippen LogP contribution is -2.02. The molecule has 3 aromatic heterocycles. The first-order chi connectivity index (χ1) is 8.85. The summed E-state index contributed by atoms with van der Waals surface area (Å²) in [6.45, 7) is 1.49. The monoisotopic (exact) mass is 240 g/mol. The highest BCUT2D eigenvalue weighted by atomic mass is 15.0. The van der Waals surface area contributed by atoms with Crippen LogP contribution in [0.4, 0.5) is 0 Å². The number of pyridine rings is 1. The molecule has 0 fully saturated rings. The summed E-state index contributed by atoms with van der Waals surface area (Å²) in [5.41, 5.74) is 8.88. The predicted octanol–water partition coefficient (Wildman–Crippen LogP) is 1.69. The Morgan fingerprint density at radius 1 is 1.11 bits per heavy atom. The average Bonchev–Trinajstić information content (AvgIpc) is 2.96. The highest BCUT2D eigenvalue weighted by molar-refractivity contribution is 5.39. The van der Waals surface area contributed by atoms with E-state index in [2.05, 4.69) is 34.2 Å². The van der Waals surface area contributed by atoms with Crippen LogP contribution < -0.4 is 5.73 Å². The molecule has 4 nitrogen and oxygen atoms in total. The Balaban J connectivity index is 1.82. The molecule has 0 aromatic carbocycles. The third-order valence-corrected chi connectivity index (χ3v) is 3.00. The van der Waals surface area contributed by atoms with E-state index in [0.717, 1.165) is 24.3 Å². The lowest BCUT2D eigenvalue weighted by molar-refractivity contribution is 0.782. The first-order valence-electron chi connectivity index (χ1n) is 6.12. The summed E-state index contributed by atoms with van der Waals surface area (Å²) < 4.78 is 4.19. The second-order valence-electron chi connectivity index (χ2n) is 4.43. The van der Waals surface area contributed by atoms with Crippen LogP contribution in [0.1, 0.15) is 11.3 Å². The van der Waals surface area contributed by atoms with Crippen molar-refractivity contribution in [1.29, 1.82) is 0 Å². The largest absolute Gasteiger partial charge is 0.348 e. The van der Waals surface area contributed by atoms with Crippen molar-refractivity contribution in [2.45, 2.75) is 13.0 Å². The molecule has 0 saturated heterocycles. The van der Waals surface area contributed by atoms with Gasteiger partial charge in [0.1, 0.15) is 5.65 Å². The summed E-state index contributed by atoms with van der Waals surface area (Å²) in [6, 6.07) is 8.14. The van der Waals surface area contributed by atoms with Crippen LogP contribution in [0.15, 0.2) is 49.1 Å². The molecule has 92 valence electrons. The van der Waals surface area contributed by atoms with Crippen molar-refractivity contribution in [3.05, 3.63) is 60.3 Å². The minimum absolute atomic E-state index is 0.693. The SMILES string of the molecule is NCCc1ccn(Cc2cn3ccccc3n2)c1. The molecule has 0 aliphatic rings. The van der Waals surface area contributed by atoms with Crippen molar-refractivity contribution in [3.63, 3.8) is 0 Å². The van der Waals surface area contributed by atoms with E-state index in [-0.39, 0.29) is 0 Å². The van der Waals surface area contributed by atoms with Gasteiger partial charge in [0.05, 0.1) is 12.2 Å². The molecule has 0 aliphatic carbocycles. The Morgan fingerprint density at radius 2 is 2.06 bits per heavy atom. The van der Waals surface area contributed by atoms with Crippen molar-refractivity contribution >= 4 is 5.65 Å². The molecular weight excluding hydrogens is 224 g/mol. The standard InChI is InChI=1S/C14H16N4/c15-6-4-12-5-8-17(9-12)10-13-11-18-7-2-1-3-14(18)16-13/h1-3,5,7-9,11H,4,6,10,15H2. The Labute approximate surface area is 106 Å². The van der Waals surface area contributed by atoms with Gasteiger partial charge in [0.2, 0.25) is 0 Å². The Bertz CT molecular complexity index is 617.